The summed E-state index contributed by atoms with van der Waals surface area (Å²) in [7, 11) is 0. The Hall–Kier alpha value is -2.42. The van der Waals surface area contributed by atoms with E-state index < -0.39 is 18.1 Å². The van der Waals surface area contributed by atoms with Crippen molar-refractivity contribution in [2.75, 3.05) is 5.32 Å². The van der Waals surface area contributed by atoms with Crippen LogP contribution in [-0.4, -0.2) is 22.1 Å². The molecular weight excluding hydrogens is 325 g/mol. The maximum atomic E-state index is 12.4. The predicted molar refractivity (Wildman–Crippen MR) is 80.8 cm³/mol. The van der Waals surface area contributed by atoms with Crippen molar-refractivity contribution < 1.29 is 22.5 Å². The molecule has 0 aliphatic heterocycles. The standard InChI is InChI=1S/C15H17F3N4O2/c1-3-8(2)11(19)13(23)20-10-6-4-9(5-7-10)12-21-14(24-22-12)15(16,17)18/h4-8,11H,3,19H2,1-2H3,(H,20,23). The van der Waals surface area contributed by atoms with Gasteiger partial charge in [0.1, 0.15) is 0 Å². The van der Waals surface area contributed by atoms with Gasteiger partial charge < -0.3 is 15.6 Å². The van der Waals surface area contributed by atoms with Gasteiger partial charge in [0.15, 0.2) is 0 Å². The minimum Gasteiger partial charge on any atom is -0.329 e. The summed E-state index contributed by atoms with van der Waals surface area (Å²) in [6.45, 7) is 3.81. The molecule has 9 heteroatoms. The second-order valence-electron chi connectivity index (χ2n) is 5.40. The molecule has 1 heterocycles. The fourth-order valence-corrected chi connectivity index (χ4v) is 1.90. The number of alkyl halides is 3. The first-order valence-electron chi connectivity index (χ1n) is 7.30. The van der Waals surface area contributed by atoms with Crippen LogP contribution in [0.5, 0.6) is 0 Å². The third-order valence-corrected chi connectivity index (χ3v) is 3.64. The van der Waals surface area contributed by atoms with E-state index in [4.69, 9.17) is 5.73 Å². The van der Waals surface area contributed by atoms with E-state index in [1.807, 2.05) is 13.8 Å². The van der Waals surface area contributed by atoms with E-state index in [0.29, 0.717) is 11.3 Å². The van der Waals surface area contributed by atoms with Crippen LogP contribution in [0.25, 0.3) is 11.4 Å². The van der Waals surface area contributed by atoms with Gasteiger partial charge >= 0.3 is 12.1 Å². The Morgan fingerprint density at radius 2 is 1.96 bits per heavy atom. The normalized spacial score (nSPS) is 14.2. The maximum absolute atomic E-state index is 12.4. The lowest BCUT2D eigenvalue weighted by atomic mass is 9.99. The molecule has 0 saturated heterocycles. The molecule has 0 spiro atoms. The molecule has 2 unspecified atom stereocenters. The highest BCUT2D eigenvalue weighted by molar-refractivity contribution is 5.95. The number of anilines is 1. The lowest BCUT2D eigenvalue weighted by molar-refractivity contribution is -0.159. The van der Waals surface area contributed by atoms with Crippen molar-refractivity contribution in [3.05, 3.63) is 30.2 Å². The largest absolute Gasteiger partial charge is 0.471 e. The minimum absolute atomic E-state index is 0.0318. The van der Waals surface area contributed by atoms with Crippen LogP contribution in [-0.2, 0) is 11.0 Å². The van der Waals surface area contributed by atoms with Crippen LogP contribution in [0.15, 0.2) is 28.8 Å². The van der Waals surface area contributed by atoms with Gasteiger partial charge in [0.05, 0.1) is 6.04 Å². The predicted octanol–water partition coefficient (Wildman–Crippen LogP) is 3.07. The van der Waals surface area contributed by atoms with Crippen molar-refractivity contribution in [3.63, 3.8) is 0 Å². The van der Waals surface area contributed by atoms with Crippen LogP contribution in [0.2, 0.25) is 0 Å². The smallest absolute Gasteiger partial charge is 0.329 e. The molecule has 1 aromatic heterocycles. The highest BCUT2D eigenvalue weighted by Crippen LogP contribution is 2.29. The monoisotopic (exact) mass is 342 g/mol. The molecule has 1 aromatic carbocycles. The Balaban J connectivity index is 2.08. The molecule has 2 atom stereocenters. The van der Waals surface area contributed by atoms with E-state index >= 15 is 0 Å². The summed E-state index contributed by atoms with van der Waals surface area (Å²) < 4.78 is 41.5. The van der Waals surface area contributed by atoms with E-state index in [9.17, 15) is 18.0 Å². The molecular formula is C15H17F3N4O2. The summed E-state index contributed by atoms with van der Waals surface area (Å²) in [4.78, 5) is 15.3. The highest BCUT2D eigenvalue weighted by atomic mass is 19.4. The molecule has 3 N–H and O–H groups in total. The third kappa shape index (κ3) is 4.10. The molecule has 0 aliphatic rings. The molecule has 2 rings (SSSR count). The van der Waals surface area contributed by atoms with Gasteiger partial charge in [-0.1, -0.05) is 25.4 Å². The van der Waals surface area contributed by atoms with E-state index in [1.165, 1.54) is 24.3 Å². The molecule has 0 bridgehead atoms. The number of rotatable bonds is 5. The van der Waals surface area contributed by atoms with Crippen LogP contribution in [0, 0.1) is 5.92 Å². The topological polar surface area (TPSA) is 94.0 Å². The molecule has 0 saturated carbocycles. The van der Waals surface area contributed by atoms with Gasteiger partial charge in [-0.3, -0.25) is 4.79 Å². The first-order chi connectivity index (χ1) is 11.2. The van der Waals surface area contributed by atoms with Crippen molar-refractivity contribution in [2.24, 2.45) is 11.7 Å². The van der Waals surface area contributed by atoms with Gasteiger partial charge in [-0.15, -0.1) is 0 Å². The first-order valence-corrected chi connectivity index (χ1v) is 7.30. The first kappa shape index (κ1) is 17.9. The Bertz CT molecular complexity index is 697. The number of nitrogens with zero attached hydrogens (tertiary/aromatic N) is 2. The number of nitrogens with two attached hydrogens (primary N) is 1. The summed E-state index contributed by atoms with van der Waals surface area (Å²) in [5, 5.41) is 5.95. The third-order valence-electron chi connectivity index (χ3n) is 3.64. The second-order valence-corrected chi connectivity index (χ2v) is 5.40. The van der Waals surface area contributed by atoms with Crippen molar-refractivity contribution in [2.45, 2.75) is 32.5 Å². The number of nitrogens with one attached hydrogen (secondary N) is 1. The Morgan fingerprint density at radius 3 is 2.46 bits per heavy atom. The number of hydrogen-bond donors (Lipinski definition) is 2. The number of amides is 1. The van der Waals surface area contributed by atoms with Gasteiger partial charge in [0.25, 0.3) is 0 Å². The average molecular weight is 342 g/mol. The van der Waals surface area contributed by atoms with Crippen LogP contribution in [0.1, 0.15) is 26.2 Å². The number of halogens is 3. The number of benzene rings is 1. The molecule has 24 heavy (non-hydrogen) atoms. The van der Waals surface area contributed by atoms with E-state index in [2.05, 4.69) is 20.0 Å². The van der Waals surface area contributed by atoms with Crippen molar-refractivity contribution >= 4 is 11.6 Å². The van der Waals surface area contributed by atoms with Crippen LogP contribution < -0.4 is 11.1 Å². The number of carbonyl (C=O) groups is 1. The molecule has 1 amide bonds. The van der Waals surface area contributed by atoms with Gasteiger partial charge in [-0.25, -0.2) is 0 Å². The minimum atomic E-state index is -4.69. The molecule has 130 valence electrons. The fourth-order valence-electron chi connectivity index (χ4n) is 1.90. The Kier molecular flexibility index (Phi) is 5.23. The molecule has 2 aromatic rings. The molecule has 0 aliphatic carbocycles. The SMILES string of the molecule is CCC(C)C(N)C(=O)Nc1ccc(-c2noc(C(F)(F)F)n2)cc1. The van der Waals surface area contributed by atoms with Gasteiger partial charge in [0, 0.05) is 11.3 Å². The van der Waals surface area contributed by atoms with Crippen LogP contribution in [0.4, 0.5) is 18.9 Å². The van der Waals surface area contributed by atoms with E-state index in [1.54, 1.807) is 0 Å². The van der Waals surface area contributed by atoms with Crippen molar-refractivity contribution in [1.82, 2.24) is 10.1 Å². The summed E-state index contributed by atoms with van der Waals surface area (Å²) in [6, 6.07) is 5.38. The van der Waals surface area contributed by atoms with Crippen molar-refractivity contribution in [3.8, 4) is 11.4 Å². The number of hydrogen-bond acceptors (Lipinski definition) is 5. The highest BCUT2D eigenvalue weighted by Gasteiger charge is 2.38. The lowest BCUT2D eigenvalue weighted by Crippen LogP contribution is -2.40. The number of carbonyl (C=O) groups excluding carboxylic acids is 1. The molecule has 6 nitrogen and oxygen atoms in total. The van der Waals surface area contributed by atoms with Crippen LogP contribution in [0.3, 0.4) is 0 Å². The average Bonchev–Trinajstić information content (AvgIpc) is 3.04. The van der Waals surface area contributed by atoms with Gasteiger partial charge in [-0.05, 0) is 30.2 Å². The second kappa shape index (κ2) is 7.00. The zero-order valence-electron chi connectivity index (χ0n) is 13.1. The fraction of sp³-hybridized carbons (Fsp3) is 0.400. The Morgan fingerprint density at radius 1 is 1.33 bits per heavy atom. The summed E-state index contributed by atoms with van der Waals surface area (Å²) >= 11 is 0. The van der Waals surface area contributed by atoms with Crippen molar-refractivity contribution in [1.29, 1.82) is 0 Å². The molecule has 0 fully saturated rings. The quantitative estimate of drug-likeness (QED) is 0.871. The summed E-state index contributed by atoms with van der Waals surface area (Å²) in [5.41, 5.74) is 6.64. The summed E-state index contributed by atoms with van der Waals surface area (Å²) in [6.07, 6.45) is -3.92. The van der Waals surface area contributed by atoms with Gasteiger partial charge in [-0.2, -0.15) is 18.2 Å². The van der Waals surface area contributed by atoms with E-state index in [-0.39, 0.29) is 17.6 Å². The lowest BCUT2D eigenvalue weighted by Gasteiger charge is -2.17. The zero-order chi connectivity index (χ0) is 17.9. The van der Waals surface area contributed by atoms with Crippen LogP contribution >= 0.6 is 0 Å². The Labute approximate surface area is 136 Å². The van der Waals surface area contributed by atoms with Gasteiger partial charge in [0.2, 0.25) is 11.7 Å². The molecule has 0 radical (unpaired) electrons. The zero-order valence-corrected chi connectivity index (χ0v) is 13.1. The van der Waals surface area contributed by atoms with E-state index in [0.717, 1.165) is 6.42 Å². The number of aromatic nitrogens is 2. The maximum Gasteiger partial charge on any atom is 0.471 e. The summed E-state index contributed by atoms with van der Waals surface area (Å²) in [5.74, 6) is -1.88.